The molecule has 0 aromatic carbocycles. The summed E-state index contributed by atoms with van der Waals surface area (Å²) < 4.78 is 4.33. The van der Waals surface area contributed by atoms with Crippen molar-refractivity contribution in [2.45, 2.75) is 31.3 Å². The summed E-state index contributed by atoms with van der Waals surface area (Å²) in [4.78, 5) is 22.2. The maximum atomic E-state index is 11.3. The number of nitrogens with one attached hydrogen (secondary N) is 1. The second-order valence-electron chi connectivity index (χ2n) is 4.41. The Balaban J connectivity index is 2.54. The van der Waals surface area contributed by atoms with Gasteiger partial charge >= 0.3 is 11.9 Å². The van der Waals surface area contributed by atoms with Crippen molar-refractivity contribution in [3.05, 3.63) is 0 Å². The molecule has 1 saturated heterocycles. The molecule has 1 heterocycles. The Kier molecular flexibility index (Phi) is 4.89. The lowest BCUT2D eigenvalue weighted by atomic mass is 9.88. The number of carboxylic acids is 1. The van der Waals surface area contributed by atoms with Crippen LogP contribution in [0.2, 0.25) is 0 Å². The standard InChI is InChI=1S/C11H19NO5/c1-17-10(15)11(16,9(13)14)5-4-8-3-2-6-12-7-8/h8,12,16H,2-7H2,1H3,(H,13,14)/t8?,11-/m1/s1. The number of ether oxygens (including phenoxy) is 1. The summed E-state index contributed by atoms with van der Waals surface area (Å²) in [5, 5.41) is 21.9. The van der Waals surface area contributed by atoms with Crippen molar-refractivity contribution in [3.63, 3.8) is 0 Å². The molecule has 0 aromatic heterocycles. The average Bonchev–Trinajstić information content (AvgIpc) is 2.35. The molecule has 1 aliphatic heterocycles. The van der Waals surface area contributed by atoms with Crippen molar-refractivity contribution in [2.24, 2.45) is 5.92 Å². The fourth-order valence-corrected chi connectivity index (χ4v) is 2.05. The van der Waals surface area contributed by atoms with E-state index in [4.69, 9.17) is 5.11 Å². The number of carbonyl (C=O) groups excluding carboxylic acids is 1. The van der Waals surface area contributed by atoms with E-state index in [0.717, 1.165) is 33.0 Å². The van der Waals surface area contributed by atoms with E-state index in [1.807, 2.05) is 0 Å². The molecule has 17 heavy (non-hydrogen) atoms. The molecule has 0 saturated carbocycles. The van der Waals surface area contributed by atoms with E-state index >= 15 is 0 Å². The van der Waals surface area contributed by atoms with Crippen molar-refractivity contribution < 1.29 is 24.5 Å². The molecule has 0 aliphatic carbocycles. The molecule has 6 heteroatoms. The number of hydrogen-bond acceptors (Lipinski definition) is 5. The molecule has 0 bridgehead atoms. The summed E-state index contributed by atoms with van der Waals surface area (Å²) in [5.74, 6) is -2.35. The minimum atomic E-state index is -2.41. The van der Waals surface area contributed by atoms with E-state index in [1.54, 1.807) is 0 Å². The van der Waals surface area contributed by atoms with Gasteiger partial charge in [-0.15, -0.1) is 0 Å². The Labute approximate surface area is 100.0 Å². The number of piperidine rings is 1. The lowest BCUT2D eigenvalue weighted by Gasteiger charge is -2.26. The lowest BCUT2D eigenvalue weighted by Crippen LogP contribution is -2.48. The van der Waals surface area contributed by atoms with Crippen LogP contribution in [0.4, 0.5) is 0 Å². The quantitative estimate of drug-likeness (QED) is 0.457. The second-order valence-corrected chi connectivity index (χ2v) is 4.41. The molecule has 1 aliphatic rings. The van der Waals surface area contributed by atoms with Crippen molar-refractivity contribution in [1.82, 2.24) is 5.32 Å². The van der Waals surface area contributed by atoms with Gasteiger partial charge in [0.2, 0.25) is 0 Å². The second kappa shape index (κ2) is 5.97. The first-order valence-corrected chi connectivity index (χ1v) is 5.75. The zero-order chi connectivity index (χ0) is 12.9. The van der Waals surface area contributed by atoms with Crippen molar-refractivity contribution in [2.75, 3.05) is 20.2 Å². The third-order valence-corrected chi connectivity index (χ3v) is 3.19. The highest BCUT2D eigenvalue weighted by molar-refractivity contribution is 6.02. The van der Waals surface area contributed by atoms with Crippen LogP contribution >= 0.6 is 0 Å². The van der Waals surface area contributed by atoms with Gasteiger partial charge in [0, 0.05) is 0 Å². The number of aliphatic hydroxyl groups is 1. The summed E-state index contributed by atoms with van der Waals surface area (Å²) in [6.07, 6.45) is 2.41. The number of hydrogen-bond donors (Lipinski definition) is 3. The highest BCUT2D eigenvalue weighted by atomic mass is 16.5. The van der Waals surface area contributed by atoms with Gasteiger partial charge in [0.15, 0.2) is 0 Å². The van der Waals surface area contributed by atoms with Crippen LogP contribution in [-0.2, 0) is 14.3 Å². The van der Waals surface area contributed by atoms with Crippen molar-refractivity contribution in [3.8, 4) is 0 Å². The van der Waals surface area contributed by atoms with E-state index < -0.39 is 17.5 Å². The highest BCUT2D eigenvalue weighted by Crippen LogP contribution is 2.23. The molecular weight excluding hydrogens is 226 g/mol. The zero-order valence-corrected chi connectivity index (χ0v) is 9.94. The number of rotatable bonds is 5. The molecule has 1 rings (SSSR count). The Morgan fingerprint density at radius 2 is 2.24 bits per heavy atom. The summed E-state index contributed by atoms with van der Waals surface area (Å²) in [5.41, 5.74) is -2.41. The fraction of sp³-hybridized carbons (Fsp3) is 0.818. The van der Waals surface area contributed by atoms with Crippen LogP contribution in [0.15, 0.2) is 0 Å². The molecule has 1 unspecified atom stereocenters. The molecule has 3 N–H and O–H groups in total. The van der Waals surface area contributed by atoms with Gasteiger partial charge in [0.1, 0.15) is 0 Å². The normalized spacial score (nSPS) is 23.8. The van der Waals surface area contributed by atoms with Crippen LogP contribution in [-0.4, -0.2) is 48.0 Å². The van der Waals surface area contributed by atoms with Crippen molar-refractivity contribution >= 4 is 11.9 Å². The number of carboxylic acid groups (broad SMARTS) is 1. The SMILES string of the molecule is COC(=O)[C@@](O)(CCC1CCCNC1)C(=O)O. The summed E-state index contributed by atoms with van der Waals surface area (Å²) in [6, 6.07) is 0. The molecular formula is C11H19NO5. The van der Waals surface area contributed by atoms with Gasteiger partial charge < -0.3 is 20.3 Å². The van der Waals surface area contributed by atoms with Crippen LogP contribution in [0.5, 0.6) is 0 Å². The monoisotopic (exact) mass is 245 g/mol. The predicted molar refractivity (Wildman–Crippen MR) is 59.4 cm³/mol. The van der Waals surface area contributed by atoms with Crippen molar-refractivity contribution in [1.29, 1.82) is 0 Å². The summed E-state index contributed by atoms with van der Waals surface area (Å²) in [6.45, 7) is 1.77. The topological polar surface area (TPSA) is 95.9 Å². The van der Waals surface area contributed by atoms with Gasteiger partial charge in [-0.2, -0.15) is 0 Å². The molecule has 6 nitrogen and oxygen atoms in total. The van der Waals surface area contributed by atoms with Crippen LogP contribution in [0.25, 0.3) is 0 Å². The molecule has 2 atom stereocenters. The first-order valence-electron chi connectivity index (χ1n) is 5.75. The minimum absolute atomic E-state index is 0.110. The van der Waals surface area contributed by atoms with Crippen LogP contribution in [0.1, 0.15) is 25.7 Å². The summed E-state index contributed by atoms with van der Waals surface area (Å²) >= 11 is 0. The molecule has 0 amide bonds. The minimum Gasteiger partial charge on any atom is -0.479 e. The molecule has 0 aromatic rings. The number of methoxy groups -OCH3 is 1. The van der Waals surface area contributed by atoms with E-state index in [0.29, 0.717) is 12.3 Å². The highest BCUT2D eigenvalue weighted by Gasteiger charge is 2.45. The Morgan fingerprint density at radius 1 is 1.53 bits per heavy atom. The van der Waals surface area contributed by atoms with Gasteiger partial charge in [-0.25, -0.2) is 9.59 Å². The first kappa shape index (κ1) is 13.9. The smallest absolute Gasteiger partial charge is 0.349 e. The Hall–Kier alpha value is -1.14. The van der Waals surface area contributed by atoms with Crippen LogP contribution in [0.3, 0.4) is 0 Å². The summed E-state index contributed by atoms with van der Waals surface area (Å²) in [7, 11) is 1.07. The largest absolute Gasteiger partial charge is 0.479 e. The predicted octanol–water partition coefficient (Wildman–Crippen LogP) is -0.245. The lowest BCUT2D eigenvalue weighted by molar-refractivity contribution is -0.179. The number of carbonyl (C=O) groups is 2. The van der Waals surface area contributed by atoms with Crippen LogP contribution < -0.4 is 5.32 Å². The van der Waals surface area contributed by atoms with E-state index in [9.17, 15) is 14.7 Å². The maximum Gasteiger partial charge on any atom is 0.349 e. The van der Waals surface area contributed by atoms with E-state index in [1.165, 1.54) is 0 Å². The van der Waals surface area contributed by atoms with E-state index in [2.05, 4.69) is 10.1 Å². The van der Waals surface area contributed by atoms with Gasteiger partial charge in [-0.05, 0) is 44.7 Å². The van der Waals surface area contributed by atoms with Crippen LogP contribution in [0, 0.1) is 5.92 Å². The third-order valence-electron chi connectivity index (χ3n) is 3.19. The first-order chi connectivity index (χ1) is 8.00. The number of esters is 1. The average molecular weight is 245 g/mol. The molecule has 0 radical (unpaired) electrons. The van der Waals surface area contributed by atoms with Gasteiger partial charge in [-0.1, -0.05) is 0 Å². The molecule has 1 fully saturated rings. The number of aliphatic carboxylic acids is 1. The zero-order valence-electron chi connectivity index (χ0n) is 9.94. The molecule has 0 spiro atoms. The third kappa shape index (κ3) is 3.41. The fourth-order valence-electron chi connectivity index (χ4n) is 2.05. The van der Waals surface area contributed by atoms with Gasteiger partial charge in [-0.3, -0.25) is 0 Å². The van der Waals surface area contributed by atoms with E-state index in [-0.39, 0.29) is 6.42 Å². The Bertz CT molecular complexity index is 288. The van der Waals surface area contributed by atoms with Gasteiger partial charge in [0.25, 0.3) is 5.60 Å². The van der Waals surface area contributed by atoms with Gasteiger partial charge in [0.05, 0.1) is 7.11 Å². The molecule has 98 valence electrons. The maximum absolute atomic E-state index is 11.3. The Morgan fingerprint density at radius 3 is 2.71 bits per heavy atom.